The van der Waals surface area contributed by atoms with Crippen molar-refractivity contribution in [3.8, 4) is 5.75 Å². The predicted octanol–water partition coefficient (Wildman–Crippen LogP) is 4.33. The van der Waals surface area contributed by atoms with E-state index in [0.717, 1.165) is 40.3 Å². The number of thiazole rings is 1. The van der Waals surface area contributed by atoms with E-state index < -0.39 is 0 Å². The third kappa shape index (κ3) is 5.02. The molecule has 0 aliphatic heterocycles. The van der Waals surface area contributed by atoms with E-state index in [4.69, 9.17) is 9.84 Å². The number of aryl methyl sites for hydroxylation is 1. The number of aromatic nitrogens is 1. The molecule has 4 rings (SSSR count). The van der Waals surface area contributed by atoms with Crippen molar-refractivity contribution in [2.75, 3.05) is 0 Å². The van der Waals surface area contributed by atoms with E-state index in [9.17, 15) is 4.79 Å². The quantitative estimate of drug-likeness (QED) is 0.603. The zero-order valence-electron chi connectivity index (χ0n) is 16.4. The van der Waals surface area contributed by atoms with Gasteiger partial charge in [0.1, 0.15) is 17.4 Å². The maximum absolute atomic E-state index is 13.0. The minimum absolute atomic E-state index is 0.0516. The third-order valence-corrected chi connectivity index (χ3v) is 5.82. The number of carbonyl (C=O) groups excluding carboxylic acids is 1. The molecular weight excluding hydrogens is 384 g/mol. The largest absolute Gasteiger partial charge is 0.486 e. The van der Waals surface area contributed by atoms with E-state index in [1.807, 2.05) is 65.7 Å². The van der Waals surface area contributed by atoms with E-state index in [0.29, 0.717) is 24.9 Å². The number of carbonyl (C=O) groups is 1. The summed E-state index contributed by atoms with van der Waals surface area (Å²) in [6.45, 7) is 2.95. The van der Waals surface area contributed by atoms with Crippen LogP contribution in [0.4, 0.5) is 0 Å². The van der Waals surface area contributed by atoms with Gasteiger partial charge in [-0.25, -0.2) is 4.98 Å². The van der Waals surface area contributed by atoms with E-state index in [2.05, 4.69) is 4.98 Å². The van der Waals surface area contributed by atoms with Crippen LogP contribution in [0.15, 0.2) is 53.9 Å². The number of nitrogens with zero attached hydrogens (tertiary/aromatic N) is 2. The molecule has 1 saturated carbocycles. The van der Waals surface area contributed by atoms with Crippen LogP contribution in [-0.2, 0) is 19.8 Å². The molecule has 0 unspecified atom stereocenters. The summed E-state index contributed by atoms with van der Waals surface area (Å²) in [5.41, 5.74) is 3.65. The first-order valence-electron chi connectivity index (χ1n) is 9.76. The molecule has 0 atom stereocenters. The van der Waals surface area contributed by atoms with Gasteiger partial charge in [0.2, 0.25) is 0 Å². The minimum Gasteiger partial charge on any atom is -0.486 e. The molecule has 1 heterocycles. The van der Waals surface area contributed by atoms with Crippen molar-refractivity contribution >= 4 is 17.2 Å². The van der Waals surface area contributed by atoms with E-state index in [-0.39, 0.29) is 12.5 Å². The van der Waals surface area contributed by atoms with Crippen molar-refractivity contribution in [3.63, 3.8) is 0 Å². The zero-order valence-corrected chi connectivity index (χ0v) is 17.2. The number of hydrogen-bond acceptors (Lipinski definition) is 5. The Kier molecular flexibility index (Phi) is 5.92. The molecule has 0 bridgehead atoms. The summed E-state index contributed by atoms with van der Waals surface area (Å²) < 4.78 is 5.78. The van der Waals surface area contributed by atoms with Crippen LogP contribution in [0, 0.1) is 6.92 Å². The SMILES string of the molecule is Cc1ccc(C(=O)N(Cc2ccc(OCc3nc(CO)cs3)cc2)C2CC2)cc1. The second-order valence-corrected chi connectivity index (χ2v) is 8.30. The molecule has 0 spiro atoms. The normalized spacial score (nSPS) is 13.3. The number of aliphatic hydroxyl groups excluding tert-OH is 1. The van der Waals surface area contributed by atoms with Gasteiger partial charge in [-0.3, -0.25) is 4.79 Å². The predicted molar refractivity (Wildman–Crippen MR) is 113 cm³/mol. The standard InChI is InChI=1S/C23H24N2O3S/c1-16-2-6-18(7-3-16)23(27)25(20-8-9-20)12-17-4-10-21(11-5-17)28-14-22-24-19(13-26)15-29-22/h2-7,10-11,15,20,26H,8-9,12-14H2,1H3. The Bertz CT molecular complexity index is 963. The van der Waals surface area contributed by atoms with Crippen molar-refractivity contribution in [1.82, 2.24) is 9.88 Å². The van der Waals surface area contributed by atoms with Crippen LogP contribution in [0.5, 0.6) is 5.75 Å². The van der Waals surface area contributed by atoms with Crippen LogP contribution in [0.2, 0.25) is 0 Å². The lowest BCUT2D eigenvalue weighted by molar-refractivity contribution is 0.0730. The first-order valence-corrected chi connectivity index (χ1v) is 10.6. The Morgan fingerprint density at radius 2 is 1.90 bits per heavy atom. The van der Waals surface area contributed by atoms with Gasteiger partial charge in [-0.2, -0.15) is 0 Å². The first-order chi connectivity index (χ1) is 14.1. The summed E-state index contributed by atoms with van der Waals surface area (Å²) in [6.07, 6.45) is 2.14. The third-order valence-electron chi connectivity index (χ3n) is 4.95. The highest BCUT2D eigenvalue weighted by molar-refractivity contribution is 7.09. The molecule has 2 aromatic carbocycles. The van der Waals surface area contributed by atoms with Crippen molar-refractivity contribution < 1.29 is 14.6 Å². The molecular formula is C23H24N2O3S. The van der Waals surface area contributed by atoms with Crippen molar-refractivity contribution in [3.05, 3.63) is 81.3 Å². The molecule has 3 aromatic rings. The number of ether oxygens (including phenoxy) is 1. The number of hydrogen-bond donors (Lipinski definition) is 1. The Balaban J connectivity index is 1.38. The van der Waals surface area contributed by atoms with E-state index >= 15 is 0 Å². The number of rotatable bonds is 8. The number of aliphatic hydroxyl groups is 1. The second kappa shape index (κ2) is 8.76. The highest BCUT2D eigenvalue weighted by Gasteiger charge is 2.33. The lowest BCUT2D eigenvalue weighted by atomic mass is 10.1. The summed E-state index contributed by atoms with van der Waals surface area (Å²) in [5, 5.41) is 11.7. The first kappa shape index (κ1) is 19.6. The van der Waals surface area contributed by atoms with Gasteiger partial charge < -0.3 is 14.7 Å². The molecule has 29 heavy (non-hydrogen) atoms. The highest BCUT2D eigenvalue weighted by atomic mass is 32.1. The van der Waals surface area contributed by atoms with Gasteiger partial charge in [-0.1, -0.05) is 29.8 Å². The average molecular weight is 409 g/mol. The maximum Gasteiger partial charge on any atom is 0.254 e. The smallest absolute Gasteiger partial charge is 0.254 e. The fourth-order valence-electron chi connectivity index (χ4n) is 3.14. The average Bonchev–Trinajstić information content (AvgIpc) is 3.48. The Morgan fingerprint density at radius 1 is 1.17 bits per heavy atom. The number of benzene rings is 2. The fourth-order valence-corrected chi connectivity index (χ4v) is 3.83. The molecule has 1 aromatic heterocycles. The van der Waals surface area contributed by atoms with Crippen molar-refractivity contribution in [2.24, 2.45) is 0 Å². The van der Waals surface area contributed by atoms with Gasteiger partial charge in [0.15, 0.2) is 0 Å². The molecule has 1 N–H and O–H groups in total. The molecule has 5 nitrogen and oxygen atoms in total. The summed E-state index contributed by atoms with van der Waals surface area (Å²) in [6, 6.07) is 16.0. The Morgan fingerprint density at radius 3 is 2.52 bits per heavy atom. The van der Waals surface area contributed by atoms with E-state index in [1.165, 1.54) is 11.3 Å². The van der Waals surface area contributed by atoms with Crippen LogP contribution >= 0.6 is 11.3 Å². The molecule has 1 fully saturated rings. The van der Waals surface area contributed by atoms with Gasteiger partial charge in [-0.15, -0.1) is 11.3 Å². The molecule has 1 aliphatic rings. The zero-order chi connectivity index (χ0) is 20.2. The van der Waals surface area contributed by atoms with Crippen LogP contribution < -0.4 is 4.74 Å². The highest BCUT2D eigenvalue weighted by Crippen LogP contribution is 2.30. The Labute approximate surface area is 174 Å². The van der Waals surface area contributed by atoms with Gasteiger partial charge in [0, 0.05) is 23.5 Å². The summed E-state index contributed by atoms with van der Waals surface area (Å²) >= 11 is 1.48. The Hall–Kier alpha value is -2.70. The van der Waals surface area contributed by atoms with Crippen LogP contribution in [0.1, 0.15) is 45.0 Å². The maximum atomic E-state index is 13.0. The molecule has 0 radical (unpaired) electrons. The van der Waals surface area contributed by atoms with Gasteiger partial charge >= 0.3 is 0 Å². The minimum atomic E-state index is -0.0516. The van der Waals surface area contributed by atoms with Crippen LogP contribution in [0.3, 0.4) is 0 Å². The molecule has 1 aliphatic carbocycles. The molecule has 150 valence electrons. The lowest BCUT2D eigenvalue weighted by Gasteiger charge is -2.23. The van der Waals surface area contributed by atoms with Gasteiger partial charge in [0.05, 0.1) is 12.3 Å². The summed E-state index contributed by atoms with van der Waals surface area (Å²) in [7, 11) is 0. The van der Waals surface area contributed by atoms with Crippen LogP contribution in [-0.4, -0.2) is 26.9 Å². The molecule has 0 saturated heterocycles. The molecule has 1 amide bonds. The number of amides is 1. The lowest BCUT2D eigenvalue weighted by Crippen LogP contribution is -2.32. The summed E-state index contributed by atoms with van der Waals surface area (Å²) in [5.74, 6) is 0.855. The van der Waals surface area contributed by atoms with Crippen LogP contribution in [0.25, 0.3) is 0 Å². The van der Waals surface area contributed by atoms with Crippen molar-refractivity contribution in [2.45, 2.75) is 45.6 Å². The topological polar surface area (TPSA) is 62.7 Å². The van der Waals surface area contributed by atoms with Gasteiger partial charge in [-0.05, 0) is 49.6 Å². The van der Waals surface area contributed by atoms with E-state index in [1.54, 1.807) is 0 Å². The molecule has 6 heteroatoms. The van der Waals surface area contributed by atoms with Crippen molar-refractivity contribution in [1.29, 1.82) is 0 Å². The second-order valence-electron chi connectivity index (χ2n) is 7.35. The summed E-state index contributed by atoms with van der Waals surface area (Å²) in [4.78, 5) is 19.2. The van der Waals surface area contributed by atoms with Gasteiger partial charge in [0.25, 0.3) is 5.91 Å². The fraction of sp³-hybridized carbons (Fsp3) is 0.304. The monoisotopic (exact) mass is 408 g/mol.